The SMILES string of the molecule is CC(=O)c1c(C)c2cnc(Nc3ccc4c(c3)OC[C@H]3CN(C5COC5)CCN43)nc2n(C2CCCC2)c1=O. The number of hydrogen-bond donors (Lipinski definition) is 1. The van der Waals surface area contributed by atoms with Crippen LogP contribution in [0.4, 0.5) is 17.3 Å². The molecule has 1 saturated carbocycles. The number of ether oxygens (including phenoxy) is 2. The van der Waals surface area contributed by atoms with Gasteiger partial charge in [0.15, 0.2) is 5.78 Å². The molecule has 0 bridgehead atoms. The second-order valence-electron chi connectivity index (χ2n) is 11.3. The van der Waals surface area contributed by atoms with Crippen molar-refractivity contribution in [1.29, 1.82) is 0 Å². The Morgan fingerprint density at radius 3 is 2.64 bits per heavy atom. The predicted molar refractivity (Wildman–Crippen MR) is 149 cm³/mol. The maximum absolute atomic E-state index is 13.5. The van der Waals surface area contributed by atoms with Gasteiger partial charge in [-0.2, -0.15) is 4.98 Å². The van der Waals surface area contributed by atoms with E-state index in [1.54, 1.807) is 10.8 Å². The standard InChI is InChI=1S/C29H34N6O4/c1-17-23-12-30-29(32-27(23)35(20-5-3-4-6-20)28(37)26(17)18(2)36)31-19-7-8-24-25(11-19)39-16-21-13-33(9-10-34(21)24)22-14-38-15-22/h7-8,11-12,20-22H,3-6,9-10,13-16H2,1-2H3,(H,30,31,32)/t21-/m1/s1. The maximum atomic E-state index is 13.5. The number of carbonyl (C=O) groups excluding carboxylic acids is 1. The van der Waals surface area contributed by atoms with Crippen LogP contribution in [0.5, 0.6) is 5.75 Å². The first kappa shape index (κ1) is 24.5. The van der Waals surface area contributed by atoms with Crippen LogP contribution < -0.4 is 20.5 Å². The van der Waals surface area contributed by atoms with Crippen LogP contribution in [0, 0.1) is 6.92 Å². The molecule has 2 aromatic heterocycles. The number of nitrogens with zero attached hydrogens (tertiary/aromatic N) is 5. The molecule has 204 valence electrons. The van der Waals surface area contributed by atoms with E-state index >= 15 is 0 Å². The van der Waals surface area contributed by atoms with Gasteiger partial charge >= 0.3 is 0 Å². The second-order valence-corrected chi connectivity index (χ2v) is 11.3. The minimum Gasteiger partial charge on any atom is -0.489 e. The number of piperazine rings is 1. The Morgan fingerprint density at radius 1 is 1.08 bits per heavy atom. The van der Waals surface area contributed by atoms with E-state index in [1.165, 1.54) is 6.92 Å². The smallest absolute Gasteiger partial charge is 0.263 e. The van der Waals surface area contributed by atoms with E-state index in [0.717, 1.165) is 81.0 Å². The van der Waals surface area contributed by atoms with E-state index in [0.29, 0.717) is 35.8 Å². The van der Waals surface area contributed by atoms with Gasteiger partial charge in [-0.25, -0.2) is 4.98 Å². The highest BCUT2D eigenvalue weighted by Crippen LogP contribution is 2.38. The molecular weight excluding hydrogens is 496 g/mol. The lowest BCUT2D eigenvalue weighted by atomic mass is 10.0. The van der Waals surface area contributed by atoms with E-state index in [-0.39, 0.29) is 22.9 Å². The van der Waals surface area contributed by atoms with Crippen molar-refractivity contribution in [2.24, 2.45) is 0 Å². The first-order valence-corrected chi connectivity index (χ1v) is 14.0. The fourth-order valence-corrected chi connectivity index (χ4v) is 6.67. The zero-order valence-corrected chi connectivity index (χ0v) is 22.5. The quantitative estimate of drug-likeness (QED) is 0.497. The third-order valence-electron chi connectivity index (χ3n) is 8.86. The highest BCUT2D eigenvalue weighted by molar-refractivity contribution is 5.99. The second kappa shape index (κ2) is 9.60. The topological polar surface area (TPSA) is 102 Å². The zero-order chi connectivity index (χ0) is 26.7. The first-order chi connectivity index (χ1) is 19.0. The number of fused-ring (bicyclic) bond motifs is 4. The summed E-state index contributed by atoms with van der Waals surface area (Å²) in [5.41, 5.74) is 3.16. The summed E-state index contributed by atoms with van der Waals surface area (Å²) >= 11 is 0. The van der Waals surface area contributed by atoms with E-state index in [9.17, 15) is 9.59 Å². The lowest BCUT2D eigenvalue weighted by molar-refractivity contribution is -0.0715. The average Bonchev–Trinajstić information content (AvgIpc) is 3.41. The molecule has 3 aromatic rings. The van der Waals surface area contributed by atoms with Crippen molar-refractivity contribution in [3.05, 3.63) is 45.9 Å². The normalized spacial score (nSPS) is 21.8. The lowest BCUT2D eigenvalue weighted by Crippen LogP contribution is -2.62. The molecule has 1 aliphatic carbocycles. The Kier molecular flexibility index (Phi) is 6.04. The fourth-order valence-electron chi connectivity index (χ4n) is 6.67. The van der Waals surface area contributed by atoms with Gasteiger partial charge in [-0.1, -0.05) is 12.8 Å². The number of aromatic nitrogens is 3. The predicted octanol–water partition coefficient (Wildman–Crippen LogP) is 3.44. The number of carbonyl (C=O) groups is 1. The van der Waals surface area contributed by atoms with Crippen molar-refractivity contribution in [3.8, 4) is 5.75 Å². The van der Waals surface area contributed by atoms with Gasteiger partial charge in [-0.15, -0.1) is 0 Å². The van der Waals surface area contributed by atoms with Crippen molar-refractivity contribution in [3.63, 3.8) is 0 Å². The van der Waals surface area contributed by atoms with Gasteiger partial charge in [0.2, 0.25) is 5.95 Å². The molecule has 10 nitrogen and oxygen atoms in total. The monoisotopic (exact) mass is 530 g/mol. The molecule has 0 radical (unpaired) electrons. The number of anilines is 3. The molecule has 0 amide bonds. The van der Waals surface area contributed by atoms with Crippen molar-refractivity contribution < 1.29 is 14.3 Å². The number of pyridine rings is 1. The van der Waals surface area contributed by atoms with E-state index in [2.05, 4.69) is 26.2 Å². The van der Waals surface area contributed by atoms with Gasteiger partial charge in [-0.05, 0) is 44.4 Å². The molecule has 7 rings (SSSR count). The summed E-state index contributed by atoms with van der Waals surface area (Å²) in [6.07, 6.45) is 5.68. The third-order valence-corrected chi connectivity index (χ3v) is 8.86. The first-order valence-electron chi connectivity index (χ1n) is 14.0. The van der Waals surface area contributed by atoms with Crippen LogP contribution in [-0.4, -0.2) is 76.8 Å². The molecule has 3 aliphatic heterocycles. The number of ketones is 1. The Hall–Kier alpha value is -3.50. The number of nitrogens with one attached hydrogen (secondary N) is 1. The third kappa shape index (κ3) is 4.17. The molecule has 1 N–H and O–H groups in total. The zero-order valence-electron chi connectivity index (χ0n) is 22.5. The molecule has 2 saturated heterocycles. The molecule has 10 heteroatoms. The van der Waals surface area contributed by atoms with Crippen molar-refractivity contribution in [2.45, 2.75) is 57.7 Å². The number of rotatable bonds is 5. The molecule has 0 spiro atoms. The van der Waals surface area contributed by atoms with Crippen LogP contribution in [-0.2, 0) is 4.74 Å². The summed E-state index contributed by atoms with van der Waals surface area (Å²) in [7, 11) is 0. The molecule has 0 unspecified atom stereocenters. The lowest BCUT2D eigenvalue weighted by Gasteiger charge is -2.49. The summed E-state index contributed by atoms with van der Waals surface area (Å²) in [5, 5.41) is 4.06. The maximum Gasteiger partial charge on any atom is 0.263 e. The summed E-state index contributed by atoms with van der Waals surface area (Å²) in [6.45, 7) is 8.58. The van der Waals surface area contributed by atoms with Crippen molar-refractivity contribution >= 4 is 34.1 Å². The van der Waals surface area contributed by atoms with Crippen LogP contribution in [0.25, 0.3) is 11.0 Å². The van der Waals surface area contributed by atoms with Crippen LogP contribution in [0.2, 0.25) is 0 Å². The van der Waals surface area contributed by atoms with Crippen LogP contribution in [0.1, 0.15) is 54.6 Å². The number of hydrogen-bond acceptors (Lipinski definition) is 9. The van der Waals surface area contributed by atoms with E-state index < -0.39 is 0 Å². The Balaban J connectivity index is 1.18. The molecule has 1 aromatic carbocycles. The molecule has 5 heterocycles. The van der Waals surface area contributed by atoms with Crippen molar-refractivity contribution in [2.75, 3.05) is 49.7 Å². The average molecular weight is 531 g/mol. The van der Waals surface area contributed by atoms with Gasteiger partial charge in [0.25, 0.3) is 5.56 Å². The molecular formula is C29H34N6O4. The van der Waals surface area contributed by atoms with E-state index in [4.69, 9.17) is 14.5 Å². The fraction of sp³-hybridized carbons (Fsp3) is 0.517. The molecule has 4 aliphatic rings. The molecule has 1 atom stereocenters. The largest absolute Gasteiger partial charge is 0.489 e. The van der Waals surface area contributed by atoms with Gasteiger partial charge < -0.3 is 19.7 Å². The number of aryl methyl sites for hydroxylation is 1. The minimum atomic E-state index is -0.245. The Labute approximate surface area is 226 Å². The number of benzene rings is 1. The summed E-state index contributed by atoms with van der Waals surface area (Å²) in [6, 6.07) is 7.06. The summed E-state index contributed by atoms with van der Waals surface area (Å²) in [5.74, 6) is 1.04. The molecule has 39 heavy (non-hydrogen) atoms. The van der Waals surface area contributed by atoms with Crippen molar-refractivity contribution in [1.82, 2.24) is 19.4 Å². The van der Waals surface area contributed by atoms with Gasteiger partial charge in [0, 0.05) is 49.0 Å². The highest BCUT2D eigenvalue weighted by atomic mass is 16.5. The van der Waals surface area contributed by atoms with E-state index in [1.807, 2.05) is 19.1 Å². The summed E-state index contributed by atoms with van der Waals surface area (Å²) < 4.78 is 13.3. The van der Waals surface area contributed by atoms with Gasteiger partial charge in [0.05, 0.1) is 36.5 Å². The van der Waals surface area contributed by atoms with Gasteiger partial charge in [-0.3, -0.25) is 19.1 Å². The summed E-state index contributed by atoms with van der Waals surface area (Å²) in [4.78, 5) is 40.2. The van der Waals surface area contributed by atoms with Crippen LogP contribution in [0.15, 0.2) is 29.2 Å². The highest BCUT2D eigenvalue weighted by Gasteiger charge is 2.37. The molecule has 3 fully saturated rings. The Morgan fingerprint density at radius 2 is 1.90 bits per heavy atom. The Bertz CT molecular complexity index is 1510. The van der Waals surface area contributed by atoms with Gasteiger partial charge in [0.1, 0.15) is 18.0 Å². The minimum absolute atomic E-state index is 0.0452. The van der Waals surface area contributed by atoms with Crippen LogP contribution in [0.3, 0.4) is 0 Å². The van der Waals surface area contributed by atoms with Crippen LogP contribution >= 0.6 is 0 Å². The number of Topliss-reactive ketones (excluding diaryl/α,β-unsaturated/α-hetero) is 1.